The molecule has 10 aromatic rings. The quantitative estimate of drug-likeness (QED) is 0.188. The number of pyridine rings is 2. The summed E-state index contributed by atoms with van der Waals surface area (Å²) in [6, 6.07) is 53.7. The number of hydrogen-bond donors (Lipinski definition) is 0. The van der Waals surface area contributed by atoms with Crippen LogP contribution in [0.5, 0.6) is 0 Å². The van der Waals surface area contributed by atoms with Crippen molar-refractivity contribution in [2.45, 2.75) is 0 Å². The molecule has 0 aliphatic heterocycles. The van der Waals surface area contributed by atoms with E-state index in [0.29, 0.717) is 0 Å². The highest BCUT2D eigenvalue weighted by atomic mass is 16.3. The predicted octanol–water partition coefficient (Wildman–Crippen LogP) is 12.6. The second-order valence-corrected chi connectivity index (χ2v) is 12.7. The van der Waals surface area contributed by atoms with E-state index in [1.807, 2.05) is 36.7 Å². The van der Waals surface area contributed by atoms with Crippen LogP contribution >= 0.6 is 0 Å². The molecule has 0 saturated carbocycles. The van der Waals surface area contributed by atoms with Crippen molar-refractivity contribution in [1.82, 2.24) is 9.97 Å². The normalized spacial score (nSPS) is 11.6. The lowest BCUT2D eigenvalue weighted by molar-refractivity contribution is 0.667. The van der Waals surface area contributed by atoms with E-state index in [9.17, 15) is 0 Å². The van der Waals surface area contributed by atoms with E-state index in [0.717, 1.165) is 66.3 Å². The largest absolute Gasteiger partial charge is 0.454 e. The SMILES string of the molecule is c1cc(-c2cccc(-c3cccc(-c4ccc5oc6cccnc6c5c4)c3)c2)cc(-c2cccc(-c3ccc4oc5cnccc5c4c3)c2)c1. The molecule has 0 amide bonds. The van der Waals surface area contributed by atoms with Gasteiger partial charge in [-0.3, -0.25) is 9.97 Å². The van der Waals surface area contributed by atoms with Gasteiger partial charge in [0.2, 0.25) is 0 Å². The minimum absolute atomic E-state index is 0.806. The molecule has 4 nitrogen and oxygen atoms in total. The lowest BCUT2D eigenvalue weighted by Gasteiger charge is -2.11. The van der Waals surface area contributed by atoms with Gasteiger partial charge in [-0.25, -0.2) is 0 Å². The highest BCUT2D eigenvalue weighted by molar-refractivity contribution is 6.06. The van der Waals surface area contributed by atoms with Gasteiger partial charge in [0.25, 0.3) is 0 Å². The van der Waals surface area contributed by atoms with Crippen molar-refractivity contribution in [3.63, 3.8) is 0 Å². The Balaban J connectivity index is 0.968. The highest BCUT2D eigenvalue weighted by Crippen LogP contribution is 2.36. The van der Waals surface area contributed by atoms with Crippen molar-refractivity contribution in [3.8, 4) is 55.6 Å². The first-order chi connectivity index (χ1) is 24.7. The molecule has 4 aromatic heterocycles. The van der Waals surface area contributed by atoms with Crippen LogP contribution in [0.15, 0.2) is 179 Å². The number of fused-ring (bicyclic) bond motifs is 6. The number of rotatable bonds is 5. The van der Waals surface area contributed by atoms with Gasteiger partial charge < -0.3 is 8.83 Å². The first-order valence-electron chi connectivity index (χ1n) is 16.7. The first-order valence-corrected chi connectivity index (χ1v) is 16.7. The maximum Gasteiger partial charge on any atom is 0.153 e. The Morgan fingerprint density at radius 3 is 1.32 bits per heavy atom. The van der Waals surface area contributed by atoms with Crippen molar-refractivity contribution in [3.05, 3.63) is 170 Å². The van der Waals surface area contributed by atoms with E-state index in [-0.39, 0.29) is 0 Å². The molecule has 0 unspecified atom stereocenters. The molecule has 4 heteroatoms. The molecule has 0 atom stereocenters. The summed E-state index contributed by atoms with van der Waals surface area (Å²) in [5.74, 6) is 0. The fourth-order valence-electron chi connectivity index (χ4n) is 7.10. The molecule has 6 aromatic carbocycles. The average molecular weight is 641 g/mol. The number of aromatic nitrogens is 2. The molecule has 0 aliphatic rings. The fraction of sp³-hybridized carbons (Fsp3) is 0. The van der Waals surface area contributed by atoms with E-state index in [4.69, 9.17) is 8.83 Å². The van der Waals surface area contributed by atoms with Crippen molar-refractivity contribution in [1.29, 1.82) is 0 Å². The summed E-state index contributed by atoms with van der Waals surface area (Å²) < 4.78 is 12.0. The van der Waals surface area contributed by atoms with Crippen LogP contribution in [0.4, 0.5) is 0 Å². The standard InChI is InChI=1S/C46H28N2O2/c1-6-29(22-31(8-1)33-10-3-12-35(24-33)37-15-17-42-40(26-37)39-19-21-47-28-45(39)50-42)30-7-2-9-32(23-30)34-11-4-13-36(25-34)38-16-18-43-41(27-38)46-44(49-43)14-5-20-48-46/h1-28H. The minimum atomic E-state index is 0.806. The Morgan fingerprint density at radius 1 is 0.320 bits per heavy atom. The van der Waals surface area contributed by atoms with Crippen LogP contribution in [0.1, 0.15) is 0 Å². The monoisotopic (exact) mass is 640 g/mol. The molecule has 0 saturated heterocycles. The molecule has 10 rings (SSSR count). The van der Waals surface area contributed by atoms with Crippen LogP contribution in [0.3, 0.4) is 0 Å². The maximum absolute atomic E-state index is 6.01. The van der Waals surface area contributed by atoms with E-state index in [2.05, 4.69) is 137 Å². The maximum atomic E-state index is 6.01. The van der Waals surface area contributed by atoms with Gasteiger partial charge in [0, 0.05) is 28.6 Å². The summed E-state index contributed by atoms with van der Waals surface area (Å²) in [4.78, 5) is 8.78. The second-order valence-electron chi connectivity index (χ2n) is 12.7. The van der Waals surface area contributed by atoms with Crippen LogP contribution in [0.25, 0.3) is 99.6 Å². The Morgan fingerprint density at radius 2 is 0.780 bits per heavy atom. The molecule has 0 fully saturated rings. The lowest BCUT2D eigenvalue weighted by atomic mass is 9.94. The predicted molar refractivity (Wildman–Crippen MR) is 204 cm³/mol. The molecule has 0 aliphatic carbocycles. The first kappa shape index (κ1) is 28.3. The summed E-state index contributed by atoms with van der Waals surface area (Å²) in [6.07, 6.45) is 5.40. The van der Waals surface area contributed by atoms with E-state index < -0.39 is 0 Å². The summed E-state index contributed by atoms with van der Waals surface area (Å²) in [5.41, 5.74) is 15.9. The van der Waals surface area contributed by atoms with Gasteiger partial charge in [0.1, 0.15) is 16.7 Å². The van der Waals surface area contributed by atoms with Gasteiger partial charge in [-0.05, 0) is 122 Å². The van der Waals surface area contributed by atoms with Gasteiger partial charge in [0.05, 0.1) is 6.20 Å². The third-order valence-electron chi connectivity index (χ3n) is 9.62. The van der Waals surface area contributed by atoms with Crippen LogP contribution in [-0.2, 0) is 0 Å². The summed E-state index contributed by atoms with van der Waals surface area (Å²) >= 11 is 0. The summed E-state index contributed by atoms with van der Waals surface area (Å²) in [6.45, 7) is 0. The van der Waals surface area contributed by atoms with Crippen LogP contribution < -0.4 is 0 Å². The summed E-state index contributed by atoms with van der Waals surface area (Å²) in [7, 11) is 0. The van der Waals surface area contributed by atoms with E-state index in [1.54, 1.807) is 6.20 Å². The van der Waals surface area contributed by atoms with Crippen LogP contribution in [0.2, 0.25) is 0 Å². The zero-order valence-corrected chi connectivity index (χ0v) is 26.9. The second kappa shape index (κ2) is 11.4. The number of furan rings is 2. The van der Waals surface area contributed by atoms with Crippen molar-refractivity contribution >= 4 is 44.0 Å². The van der Waals surface area contributed by atoms with E-state index in [1.165, 1.54) is 33.4 Å². The highest BCUT2D eigenvalue weighted by Gasteiger charge is 2.12. The summed E-state index contributed by atoms with van der Waals surface area (Å²) in [5, 5.41) is 3.21. The van der Waals surface area contributed by atoms with Gasteiger partial charge in [0.15, 0.2) is 11.2 Å². The molecule has 4 heterocycles. The molecule has 50 heavy (non-hydrogen) atoms. The van der Waals surface area contributed by atoms with Gasteiger partial charge in [-0.15, -0.1) is 0 Å². The zero-order valence-electron chi connectivity index (χ0n) is 26.9. The number of benzene rings is 6. The number of hydrogen-bond acceptors (Lipinski definition) is 4. The topological polar surface area (TPSA) is 52.1 Å². The van der Waals surface area contributed by atoms with Gasteiger partial charge in [-0.1, -0.05) is 84.9 Å². The van der Waals surface area contributed by atoms with Crippen LogP contribution in [-0.4, -0.2) is 9.97 Å². The van der Waals surface area contributed by atoms with Gasteiger partial charge in [-0.2, -0.15) is 0 Å². The molecule has 0 spiro atoms. The van der Waals surface area contributed by atoms with Crippen molar-refractivity contribution in [2.75, 3.05) is 0 Å². The molecule has 234 valence electrons. The van der Waals surface area contributed by atoms with E-state index >= 15 is 0 Å². The fourth-order valence-corrected chi connectivity index (χ4v) is 7.10. The Labute approximate surface area is 287 Å². The molecule has 0 radical (unpaired) electrons. The third kappa shape index (κ3) is 4.85. The van der Waals surface area contributed by atoms with Crippen molar-refractivity contribution < 1.29 is 8.83 Å². The number of nitrogens with zero attached hydrogens (tertiary/aromatic N) is 2. The third-order valence-corrected chi connectivity index (χ3v) is 9.62. The minimum Gasteiger partial charge on any atom is -0.454 e. The van der Waals surface area contributed by atoms with Gasteiger partial charge >= 0.3 is 0 Å². The Hall–Kier alpha value is -6.78. The average Bonchev–Trinajstić information content (AvgIpc) is 3.76. The molecular formula is C46H28N2O2. The van der Waals surface area contributed by atoms with Crippen LogP contribution in [0, 0.1) is 0 Å². The Bertz CT molecular complexity index is 2700. The molecular weight excluding hydrogens is 613 g/mol. The molecule has 0 N–H and O–H groups in total. The molecule has 0 bridgehead atoms. The lowest BCUT2D eigenvalue weighted by Crippen LogP contribution is -1.85. The Kier molecular flexibility index (Phi) is 6.46. The smallest absolute Gasteiger partial charge is 0.153 e. The zero-order chi connectivity index (χ0) is 33.0. The van der Waals surface area contributed by atoms with Crippen molar-refractivity contribution in [2.24, 2.45) is 0 Å².